The van der Waals surface area contributed by atoms with Crippen molar-refractivity contribution in [2.24, 2.45) is 7.05 Å². The van der Waals surface area contributed by atoms with E-state index in [0.29, 0.717) is 24.5 Å². The van der Waals surface area contributed by atoms with Crippen LogP contribution in [-0.4, -0.2) is 22.9 Å². The van der Waals surface area contributed by atoms with Crippen molar-refractivity contribution < 1.29 is 9.13 Å². The Kier molecular flexibility index (Phi) is 5.03. The van der Waals surface area contributed by atoms with Crippen LogP contribution in [0, 0.1) is 5.82 Å². The van der Waals surface area contributed by atoms with Gasteiger partial charge in [-0.1, -0.05) is 6.92 Å². The van der Waals surface area contributed by atoms with Gasteiger partial charge < -0.3 is 15.8 Å². The lowest BCUT2D eigenvalue weighted by molar-refractivity contribution is 0.301. The lowest BCUT2D eigenvalue weighted by Gasteiger charge is -2.13. The molecule has 1 heterocycles. The highest BCUT2D eigenvalue weighted by Gasteiger charge is 2.09. The monoisotopic (exact) mass is 292 g/mol. The molecule has 5 nitrogen and oxygen atoms in total. The average molecular weight is 292 g/mol. The molecule has 0 unspecified atom stereocenters. The summed E-state index contributed by atoms with van der Waals surface area (Å²) in [4.78, 5) is 0. The van der Waals surface area contributed by atoms with Gasteiger partial charge in [0.2, 0.25) is 0 Å². The number of nitrogens with zero attached hydrogens (tertiary/aromatic N) is 2. The van der Waals surface area contributed by atoms with E-state index >= 15 is 0 Å². The van der Waals surface area contributed by atoms with Crippen LogP contribution in [0.25, 0.3) is 0 Å². The molecule has 2 rings (SSSR count). The van der Waals surface area contributed by atoms with Gasteiger partial charge >= 0.3 is 0 Å². The number of anilines is 2. The van der Waals surface area contributed by atoms with E-state index < -0.39 is 5.82 Å². The van der Waals surface area contributed by atoms with Gasteiger partial charge in [-0.2, -0.15) is 5.10 Å². The van der Waals surface area contributed by atoms with Gasteiger partial charge in [-0.05, 0) is 12.5 Å². The predicted molar refractivity (Wildman–Crippen MR) is 82.0 cm³/mol. The summed E-state index contributed by atoms with van der Waals surface area (Å²) >= 11 is 0. The van der Waals surface area contributed by atoms with Crippen molar-refractivity contribution in [3.63, 3.8) is 0 Å². The Labute approximate surface area is 123 Å². The normalized spacial score (nSPS) is 10.6. The number of nitrogen functional groups attached to an aromatic ring is 1. The van der Waals surface area contributed by atoms with Gasteiger partial charge in [0.1, 0.15) is 0 Å². The maximum Gasteiger partial charge on any atom is 0.167 e. The van der Waals surface area contributed by atoms with E-state index in [1.54, 1.807) is 12.3 Å². The zero-order chi connectivity index (χ0) is 15.2. The van der Waals surface area contributed by atoms with Gasteiger partial charge in [-0.15, -0.1) is 0 Å². The zero-order valence-corrected chi connectivity index (χ0v) is 12.4. The number of nitrogens with one attached hydrogen (secondary N) is 1. The highest BCUT2D eigenvalue weighted by atomic mass is 19.1. The third-order valence-electron chi connectivity index (χ3n) is 3.18. The Morgan fingerprint density at radius 2 is 2.24 bits per heavy atom. The fraction of sp³-hybridized carbons (Fsp3) is 0.400. The number of aryl methyl sites for hydroxylation is 1. The summed E-state index contributed by atoms with van der Waals surface area (Å²) in [7, 11) is 1.90. The van der Waals surface area contributed by atoms with Gasteiger partial charge in [0, 0.05) is 44.0 Å². The van der Waals surface area contributed by atoms with Gasteiger partial charge in [0.05, 0.1) is 18.0 Å². The summed E-state index contributed by atoms with van der Waals surface area (Å²) in [6.07, 6.45) is 3.39. The minimum atomic E-state index is -0.432. The minimum absolute atomic E-state index is 0.231. The number of nitrogens with two attached hydrogens (primary N) is 1. The van der Waals surface area contributed by atoms with Crippen molar-refractivity contribution in [3.8, 4) is 5.75 Å². The minimum Gasteiger partial charge on any atom is -0.490 e. The number of ether oxygens (including phenoxy) is 1. The van der Waals surface area contributed by atoms with Crippen LogP contribution in [0.4, 0.5) is 15.8 Å². The highest BCUT2D eigenvalue weighted by molar-refractivity contribution is 5.68. The number of aromatic nitrogens is 2. The van der Waals surface area contributed by atoms with Crippen LogP contribution in [0.5, 0.6) is 5.75 Å². The third kappa shape index (κ3) is 3.87. The van der Waals surface area contributed by atoms with Crippen LogP contribution in [0.2, 0.25) is 0 Å². The summed E-state index contributed by atoms with van der Waals surface area (Å²) in [5, 5.41) is 7.32. The van der Waals surface area contributed by atoms with Crippen molar-refractivity contribution in [3.05, 3.63) is 35.9 Å². The van der Waals surface area contributed by atoms with Crippen molar-refractivity contribution in [1.82, 2.24) is 9.78 Å². The van der Waals surface area contributed by atoms with Crippen LogP contribution >= 0.6 is 0 Å². The Balaban J connectivity index is 2.00. The summed E-state index contributed by atoms with van der Waals surface area (Å²) < 4.78 is 20.9. The highest BCUT2D eigenvalue weighted by Crippen LogP contribution is 2.28. The molecule has 2 aromatic rings. The number of halogens is 1. The number of rotatable bonds is 7. The summed E-state index contributed by atoms with van der Waals surface area (Å²) in [6, 6.07) is 4.87. The molecule has 0 amide bonds. The van der Waals surface area contributed by atoms with Crippen molar-refractivity contribution in [2.45, 2.75) is 19.8 Å². The second-order valence-electron chi connectivity index (χ2n) is 4.84. The molecule has 1 aromatic carbocycles. The van der Waals surface area contributed by atoms with Gasteiger partial charge in [0.15, 0.2) is 11.6 Å². The molecule has 0 radical (unpaired) electrons. The zero-order valence-electron chi connectivity index (χ0n) is 12.4. The molecule has 0 saturated heterocycles. The molecular formula is C15H21FN4O. The van der Waals surface area contributed by atoms with E-state index in [-0.39, 0.29) is 5.75 Å². The van der Waals surface area contributed by atoms with Crippen LogP contribution in [0.3, 0.4) is 0 Å². The van der Waals surface area contributed by atoms with E-state index in [1.807, 2.05) is 24.7 Å². The molecule has 0 aliphatic rings. The Morgan fingerprint density at radius 1 is 1.43 bits per heavy atom. The molecule has 0 aliphatic carbocycles. The Hall–Kier alpha value is -2.24. The van der Waals surface area contributed by atoms with Crippen LogP contribution in [0.15, 0.2) is 24.4 Å². The quantitative estimate of drug-likeness (QED) is 0.770. The van der Waals surface area contributed by atoms with Gasteiger partial charge in [-0.3, -0.25) is 4.68 Å². The first-order valence-electron chi connectivity index (χ1n) is 7.04. The molecule has 114 valence electrons. The second kappa shape index (κ2) is 6.97. The van der Waals surface area contributed by atoms with Crippen molar-refractivity contribution in [1.29, 1.82) is 0 Å². The molecule has 6 heteroatoms. The molecule has 0 atom stereocenters. The van der Waals surface area contributed by atoms with Crippen LogP contribution in [0.1, 0.15) is 19.0 Å². The molecular weight excluding hydrogens is 271 g/mol. The van der Waals surface area contributed by atoms with E-state index in [4.69, 9.17) is 10.5 Å². The Morgan fingerprint density at radius 3 is 2.90 bits per heavy atom. The van der Waals surface area contributed by atoms with Crippen LogP contribution in [-0.2, 0) is 13.5 Å². The number of hydrogen-bond donors (Lipinski definition) is 2. The van der Waals surface area contributed by atoms with Gasteiger partial charge in [0.25, 0.3) is 0 Å². The van der Waals surface area contributed by atoms with Crippen molar-refractivity contribution in [2.75, 3.05) is 24.2 Å². The fourth-order valence-electron chi connectivity index (χ4n) is 2.02. The smallest absolute Gasteiger partial charge is 0.167 e. The first-order valence-corrected chi connectivity index (χ1v) is 7.04. The van der Waals surface area contributed by atoms with Crippen LogP contribution < -0.4 is 15.8 Å². The molecule has 1 aromatic heterocycles. The maximum atomic E-state index is 13.7. The maximum absolute atomic E-state index is 13.7. The average Bonchev–Trinajstić information content (AvgIpc) is 2.85. The third-order valence-corrected chi connectivity index (χ3v) is 3.18. The lowest BCUT2D eigenvalue weighted by atomic mass is 10.2. The number of hydrogen-bond acceptors (Lipinski definition) is 4. The molecule has 0 bridgehead atoms. The Bertz CT molecular complexity index is 597. The summed E-state index contributed by atoms with van der Waals surface area (Å²) in [6.45, 7) is 3.14. The molecule has 0 saturated carbocycles. The van der Waals surface area contributed by atoms with Crippen molar-refractivity contribution >= 4 is 11.4 Å². The molecule has 0 spiro atoms. The largest absolute Gasteiger partial charge is 0.490 e. The summed E-state index contributed by atoms with van der Waals surface area (Å²) in [5.74, 6) is -0.202. The van der Waals surface area contributed by atoms with E-state index in [9.17, 15) is 4.39 Å². The van der Waals surface area contributed by atoms with E-state index in [1.165, 1.54) is 6.07 Å². The van der Waals surface area contributed by atoms with E-state index in [2.05, 4.69) is 10.4 Å². The SMILES string of the molecule is CCCOc1cc(NCCc2ccnn2C)c(N)cc1F. The second-order valence-corrected chi connectivity index (χ2v) is 4.84. The lowest BCUT2D eigenvalue weighted by Crippen LogP contribution is -2.10. The molecule has 3 N–H and O–H groups in total. The standard InChI is InChI=1S/C15H21FN4O/c1-3-8-21-15-10-14(13(17)9-12(15)16)18-6-4-11-5-7-19-20(11)2/h5,7,9-10,18H,3-4,6,8,17H2,1-2H3. The van der Waals surface area contributed by atoms with Gasteiger partial charge in [-0.25, -0.2) is 4.39 Å². The molecule has 21 heavy (non-hydrogen) atoms. The first-order chi connectivity index (χ1) is 10.1. The van der Waals surface area contributed by atoms with E-state index in [0.717, 1.165) is 18.5 Å². The summed E-state index contributed by atoms with van der Waals surface area (Å²) in [5.41, 5.74) is 8.01. The molecule has 0 fully saturated rings. The first kappa shape index (κ1) is 15.2. The fourth-order valence-corrected chi connectivity index (χ4v) is 2.02. The number of benzene rings is 1. The predicted octanol–water partition coefficient (Wildman–Crippen LogP) is 2.58. The molecule has 0 aliphatic heterocycles. The topological polar surface area (TPSA) is 65.1 Å².